The third-order valence-corrected chi connectivity index (χ3v) is 3.50. The van der Waals surface area contributed by atoms with Crippen LogP contribution < -0.4 is 16.0 Å². The van der Waals surface area contributed by atoms with Crippen LogP contribution in [0.25, 0.3) is 0 Å². The number of anilines is 4. The number of nitrogens with two attached hydrogens (primary N) is 1. The van der Waals surface area contributed by atoms with Crippen LogP contribution in [0, 0.1) is 0 Å². The molecule has 0 amide bonds. The zero-order valence-corrected chi connectivity index (χ0v) is 13.1. The van der Waals surface area contributed by atoms with E-state index in [9.17, 15) is 0 Å². The van der Waals surface area contributed by atoms with Gasteiger partial charge in [-0.3, -0.25) is 0 Å². The lowest BCUT2D eigenvalue weighted by Gasteiger charge is -2.19. The number of rotatable bonds is 5. The van der Waals surface area contributed by atoms with Crippen molar-refractivity contribution >= 4 is 39.5 Å². The van der Waals surface area contributed by atoms with Gasteiger partial charge in [-0.25, -0.2) is 0 Å². The van der Waals surface area contributed by atoms with Crippen LogP contribution in [0.3, 0.4) is 0 Å². The topological polar surface area (TPSA) is 80.0 Å². The molecule has 0 saturated heterocycles. The van der Waals surface area contributed by atoms with Gasteiger partial charge in [-0.2, -0.15) is 15.0 Å². The van der Waals surface area contributed by atoms with E-state index >= 15 is 0 Å². The minimum atomic E-state index is 0.205. The number of nitrogens with zero attached hydrogens (tertiary/aromatic N) is 4. The van der Waals surface area contributed by atoms with Gasteiger partial charge in [-0.05, 0) is 41.9 Å². The van der Waals surface area contributed by atoms with Gasteiger partial charge in [-0.15, -0.1) is 0 Å². The van der Waals surface area contributed by atoms with Crippen molar-refractivity contribution in [3.8, 4) is 0 Å². The molecule has 2 rings (SSSR count). The van der Waals surface area contributed by atoms with Crippen molar-refractivity contribution < 1.29 is 0 Å². The zero-order valence-electron chi connectivity index (χ0n) is 11.5. The molecule has 0 saturated carbocycles. The number of nitrogen functional groups attached to an aromatic ring is 1. The number of para-hydroxylation sites is 1. The summed E-state index contributed by atoms with van der Waals surface area (Å²) in [6, 6.07) is 7.75. The first-order chi connectivity index (χ1) is 9.63. The van der Waals surface area contributed by atoms with Gasteiger partial charge < -0.3 is 16.0 Å². The second-order valence-corrected chi connectivity index (χ2v) is 4.95. The molecule has 0 aliphatic heterocycles. The van der Waals surface area contributed by atoms with Crippen molar-refractivity contribution in [1.29, 1.82) is 0 Å². The Labute approximate surface area is 126 Å². The molecule has 0 aliphatic carbocycles. The van der Waals surface area contributed by atoms with Crippen LogP contribution >= 0.6 is 15.9 Å². The minimum Gasteiger partial charge on any atom is -0.368 e. The molecular formula is C13H17BrN6. The first-order valence-electron chi connectivity index (χ1n) is 6.42. The van der Waals surface area contributed by atoms with Crippen molar-refractivity contribution in [2.45, 2.75) is 13.8 Å². The second-order valence-electron chi connectivity index (χ2n) is 4.09. The Morgan fingerprint density at radius 1 is 1.15 bits per heavy atom. The molecule has 7 heteroatoms. The highest BCUT2D eigenvalue weighted by Gasteiger charge is 2.10. The molecule has 1 heterocycles. The Hall–Kier alpha value is -1.89. The summed E-state index contributed by atoms with van der Waals surface area (Å²) in [4.78, 5) is 14.7. The normalized spacial score (nSPS) is 10.3. The van der Waals surface area contributed by atoms with Crippen LogP contribution in [-0.4, -0.2) is 28.0 Å². The monoisotopic (exact) mass is 336 g/mol. The number of aromatic nitrogens is 3. The number of hydrogen-bond donors (Lipinski definition) is 2. The Bertz CT molecular complexity index is 585. The van der Waals surface area contributed by atoms with Crippen LogP contribution in [-0.2, 0) is 0 Å². The van der Waals surface area contributed by atoms with Crippen molar-refractivity contribution in [3.63, 3.8) is 0 Å². The van der Waals surface area contributed by atoms with E-state index in [1.54, 1.807) is 0 Å². The Morgan fingerprint density at radius 2 is 1.85 bits per heavy atom. The fourth-order valence-electron chi connectivity index (χ4n) is 1.77. The van der Waals surface area contributed by atoms with Gasteiger partial charge in [-0.1, -0.05) is 12.1 Å². The summed E-state index contributed by atoms with van der Waals surface area (Å²) in [6.07, 6.45) is 0. The number of nitrogens with one attached hydrogen (secondary N) is 1. The second kappa shape index (κ2) is 6.51. The lowest BCUT2D eigenvalue weighted by atomic mass is 10.3. The van der Waals surface area contributed by atoms with Crippen LogP contribution in [0.1, 0.15) is 13.8 Å². The number of benzene rings is 1. The molecule has 1 aromatic carbocycles. The van der Waals surface area contributed by atoms with E-state index in [1.807, 2.05) is 43.0 Å². The van der Waals surface area contributed by atoms with Gasteiger partial charge in [0.2, 0.25) is 17.8 Å². The van der Waals surface area contributed by atoms with Gasteiger partial charge >= 0.3 is 0 Å². The van der Waals surface area contributed by atoms with Crippen LogP contribution in [0.15, 0.2) is 28.7 Å². The third kappa shape index (κ3) is 3.36. The molecule has 6 nitrogen and oxygen atoms in total. The predicted octanol–water partition coefficient (Wildman–Crippen LogP) is 2.81. The molecule has 0 fully saturated rings. The Kier molecular flexibility index (Phi) is 4.73. The molecule has 1 aromatic heterocycles. The van der Waals surface area contributed by atoms with Crippen LogP contribution in [0.4, 0.5) is 23.5 Å². The first-order valence-corrected chi connectivity index (χ1v) is 7.21. The largest absolute Gasteiger partial charge is 0.368 e. The summed E-state index contributed by atoms with van der Waals surface area (Å²) in [5, 5.41) is 3.14. The molecular weight excluding hydrogens is 320 g/mol. The molecule has 3 N–H and O–H groups in total. The van der Waals surface area contributed by atoms with Gasteiger partial charge in [0.05, 0.1) is 5.69 Å². The lowest BCUT2D eigenvalue weighted by molar-refractivity contribution is 0.816. The summed E-state index contributed by atoms with van der Waals surface area (Å²) in [5.41, 5.74) is 6.64. The molecule has 2 aromatic rings. The van der Waals surface area contributed by atoms with Gasteiger partial charge in [0.25, 0.3) is 0 Å². The molecule has 0 aliphatic rings. The van der Waals surface area contributed by atoms with Crippen molar-refractivity contribution in [2.24, 2.45) is 0 Å². The van der Waals surface area contributed by atoms with E-state index in [1.165, 1.54) is 0 Å². The molecule has 0 spiro atoms. The average Bonchev–Trinajstić information content (AvgIpc) is 2.42. The Morgan fingerprint density at radius 3 is 2.50 bits per heavy atom. The lowest BCUT2D eigenvalue weighted by Crippen LogP contribution is -2.25. The number of halogens is 1. The maximum Gasteiger partial charge on any atom is 0.233 e. The maximum absolute atomic E-state index is 5.76. The fourth-order valence-corrected chi connectivity index (χ4v) is 2.15. The van der Waals surface area contributed by atoms with E-state index in [4.69, 9.17) is 5.73 Å². The standard InChI is InChI=1S/C13H17BrN6/c1-3-20(4-2)13-18-11(15)17-12(19-13)16-10-8-6-5-7-9(10)14/h5-8H,3-4H2,1-2H3,(H3,15,16,17,18,19). The van der Waals surface area contributed by atoms with Crippen molar-refractivity contribution in [2.75, 3.05) is 29.0 Å². The number of hydrogen-bond acceptors (Lipinski definition) is 6. The minimum absolute atomic E-state index is 0.205. The van der Waals surface area contributed by atoms with E-state index in [0.29, 0.717) is 11.9 Å². The maximum atomic E-state index is 5.76. The van der Waals surface area contributed by atoms with Gasteiger partial charge in [0, 0.05) is 17.6 Å². The molecule has 0 unspecified atom stereocenters. The SMILES string of the molecule is CCN(CC)c1nc(N)nc(Nc2ccccc2Br)n1. The van der Waals surface area contributed by atoms with E-state index in [2.05, 4.69) is 36.2 Å². The molecule has 0 atom stereocenters. The zero-order chi connectivity index (χ0) is 14.5. The van der Waals surface area contributed by atoms with Gasteiger partial charge in [0.1, 0.15) is 0 Å². The molecule has 20 heavy (non-hydrogen) atoms. The molecule has 0 radical (unpaired) electrons. The quantitative estimate of drug-likeness (QED) is 0.873. The first kappa shape index (κ1) is 14.5. The highest BCUT2D eigenvalue weighted by Crippen LogP contribution is 2.24. The van der Waals surface area contributed by atoms with E-state index in [0.717, 1.165) is 23.2 Å². The summed E-state index contributed by atoms with van der Waals surface area (Å²) >= 11 is 3.47. The summed E-state index contributed by atoms with van der Waals surface area (Å²) < 4.78 is 0.934. The Balaban J connectivity index is 2.31. The molecule has 106 valence electrons. The smallest absolute Gasteiger partial charge is 0.233 e. The highest BCUT2D eigenvalue weighted by molar-refractivity contribution is 9.10. The third-order valence-electron chi connectivity index (χ3n) is 2.81. The predicted molar refractivity (Wildman–Crippen MR) is 85.2 cm³/mol. The summed E-state index contributed by atoms with van der Waals surface area (Å²) in [5.74, 6) is 1.22. The summed E-state index contributed by atoms with van der Waals surface area (Å²) in [7, 11) is 0. The molecule has 0 bridgehead atoms. The van der Waals surface area contributed by atoms with Crippen molar-refractivity contribution in [1.82, 2.24) is 15.0 Å². The van der Waals surface area contributed by atoms with Crippen LogP contribution in [0.5, 0.6) is 0 Å². The van der Waals surface area contributed by atoms with E-state index in [-0.39, 0.29) is 5.95 Å². The average molecular weight is 337 g/mol. The van der Waals surface area contributed by atoms with Crippen molar-refractivity contribution in [3.05, 3.63) is 28.7 Å². The van der Waals surface area contributed by atoms with Gasteiger partial charge in [0.15, 0.2) is 0 Å². The fraction of sp³-hybridized carbons (Fsp3) is 0.308. The van der Waals surface area contributed by atoms with Crippen LogP contribution in [0.2, 0.25) is 0 Å². The van der Waals surface area contributed by atoms with E-state index < -0.39 is 0 Å². The summed E-state index contributed by atoms with van der Waals surface area (Å²) in [6.45, 7) is 5.72. The highest BCUT2D eigenvalue weighted by atomic mass is 79.9.